The maximum atomic E-state index is 12.6. The lowest BCUT2D eigenvalue weighted by atomic mass is 9.99. The van der Waals surface area contributed by atoms with E-state index in [0.29, 0.717) is 22.6 Å². The molecule has 138 valence electrons. The molecule has 0 fully saturated rings. The van der Waals surface area contributed by atoms with Crippen molar-refractivity contribution in [1.82, 2.24) is 5.32 Å². The lowest BCUT2D eigenvalue weighted by Crippen LogP contribution is -2.32. The summed E-state index contributed by atoms with van der Waals surface area (Å²) in [6, 6.07) is 13.7. The molecule has 0 heterocycles. The summed E-state index contributed by atoms with van der Waals surface area (Å²) in [6.45, 7) is 3.69. The molecule has 6 nitrogen and oxygen atoms in total. The molecule has 0 aromatic heterocycles. The Balaban J connectivity index is 2.17. The average Bonchev–Trinajstić information content (AvgIpc) is 2.61. The number of ether oxygens (including phenoxy) is 2. The molecule has 0 aliphatic carbocycles. The first kappa shape index (κ1) is 19.3. The molecule has 0 bridgehead atoms. The summed E-state index contributed by atoms with van der Waals surface area (Å²) in [4.78, 5) is 24.1. The molecule has 1 atom stereocenters. The highest BCUT2D eigenvalue weighted by Crippen LogP contribution is 2.26. The van der Waals surface area contributed by atoms with Gasteiger partial charge in [-0.15, -0.1) is 0 Å². The van der Waals surface area contributed by atoms with Crippen LogP contribution in [0.4, 0.5) is 0 Å². The number of amides is 1. The molecule has 0 spiro atoms. The predicted octanol–water partition coefficient (Wildman–Crippen LogP) is 3.08. The van der Waals surface area contributed by atoms with Crippen LogP contribution < -0.4 is 14.8 Å². The van der Waals surface area contributed by atoms with Crippen LogP contribution in [0.1, 0.15) is 35.7 Å². The van der Waals surface area contributed by atoms with Crippen molar-refractivity contribution in [3.8, 4) is 11.5 Å². The average molecular weight is 357 g/mol. The monoisotopic (exact) mass is 357 g/mol. The highest BCUT2D eigenvalue weighted by Gasteiger charge is 2.22. The summed E-state index contributed by atoms with van der Waals surface area (Å²) in [5.41, 5.74) is 0.963. The smallest absolute Gasteiger partial charge is 0.312 e. The minimum atomic E-state index is -0.995. The molecule has 1 amide bonds. The Kier molecular flexibility index (Phi) is 6.60. The summed E-state index contributed by atoms with van der Waals surface area (Å²) in [6.07, 6.45) is -0.121. The number of carboxylic acid groups (broad SMARTS) is 1. The Morgan fingerprint density at radius 1 is 1.12 bits per heavy atom. The SMILES string of the molecule is COc1ccc(C(=O)NCC(C(=O)O)c2ccccc2)c(OC(C)C)c1. The zero-order chi connectivity index (χ0) is 19.1. The van der Waals surface area contributed by atoms with Gasteiger partial charge in [-0.2, -0.15) is 0 Å². The van der Waals surface area contributed by atoms with Crippen LogP contribution in [0.25, 0.3) is 0 Å². The van der Waals surface area contributed by atoms with Gasteiger partial charge >= 0.3 is 5.97 Å². The largest absolute Gasteiger partial charge is 0.497 e. The third-order valence-corrected chi connectivity index (χ3v) is 3.76. The van der Waals surface area contributed by atoms with Crippen molar-refractivity contribution in [2.45, 2.75) is 25.9 Å². The Morgan fingerprint density at radius 2 is 1.81 bits per heavy atom. The van der Waals surface area contributed by atoms with Gasteiger partial charge in [0.1, 0.15) is 11.5 Å². The second kappa shape index (κ2) is 8.89. The van der Waals surface area contributed by atoms with Crippen LogP contribution in [-0.4, -0.2) is 36.7 Å². The van der Waals surface area contributed by atoms with Crippen LogP contribution >= 0.6 is 0 Å². The first-order valence-electron chi connectivity index (χ1n) is 8.33. The lowest BCUT2D eigenvalue weighted by Gasteiger charge is -2.17. The number of nitrogens with one attached hydrogen (secondary N) is 1. The number of hydrogen-bond donors (Lipinski definition) is 2. The number of carboxylic acids is 1. The van der Waals surface area contributed by atoms with Gasteiger partial charge in [0.05, 0.1) is 24.7 Å². The van der Waals surface area contributed by atoms with E-state index in [2.05, 4.69) is 5.32 Å². The lowest BCUT2D eigenvalue weighted by molar-refractivity contribution is -0.138. The van der Waals surface area contributed by atoms with Gasteiger partial charge in [0, 0.05) is 12.6 Å². The van der Waals surface area contributed by atoms with Gasteiger partial charge in [-0.3, -0.25) is 9.59 Å². The molecular formula is C20H23NO5. The number of hydrogen-bond acceptors (Lipinski definition) is 4. The number of rotatable bonds is 8. The molecule has 2 N–H and O–H groups in total. The summed E-state index contributed by atoms with van der Waals surface area (Å²) >= 11 is 0. The van der Waals surface area contributed by atoms with Crippen LogP contribution in [0.15, 0.2) is 48.5 Å². The normalized spacial score (nSPS) is 11.7. The molecule has 0 aliphatic rings. The molecule has 26 heavy (non-hydrogen) atoms. The van der Waals surface area contributed by atoms with Gasteiger partial charge in [0.2, 0.25) is 0 Å². The van der Waals surface area contributed by atoms with Crippen LogP contribution in [0, 0.1) is 0 Å². The minimum absolute atomic E-state index is 0.0225. The Morgan fingerprint density at radius 3 is 2.38 bits per heavy atom. The van der Waals surface area contributed by atoms with Gasteiger partial charge in [-0.1, -0.05) is 30.3 Å². The second-order valence-electron chi connectivity index (χ2n) is 6.04. The van der Waals surface area contributed by atoms with E-state index in [9.17, 15) is 14.7 Å². The molecule has 2 aromatic carbocycles. The summed E-state index contributed by atoms with van der Waals surface area (Å²) in [5, 5.41) is 12.1. The van der Waals surface area contributed by atoms with Crippen molar-refractivity contribution in [3.05, 3.63) is 59.7 Å². The topological polar surface area (TPSA) is 84.9 Å². The van der Waals surface area contributed by atoms with Crippen LogP contribution in [-0.2, 0) is 4.79 Å². The van der Waals surface area contributed by atoms with E-state index in [1.165, 1.54) is 7.11 Å². The molecular weight excluding hydrogens is 334 g/mol. The molecule has 0 saturated carbocycles. The third kappa shape index (κ3) is 4.99. The van der Waals surface area contributed by atoms with E-state index < -0.39 is 17.8 Å². The molecule has 6 heteroatoms. The van der Waals surface area contributed by atoms with Crippen molar-refractivity contribution >= 4 is 11.9 Å². The number of carbonyl (C=O) groups is 2. The number of methoxy groups -OCH3 is 1. The first-order valence-corrected chi connectivity index (χ1v) is 8.33. The Labute approximate surface area is 152 Å². The summed E-state index contributed by atoms with van der Waals surface area (Å²) in [5.74, 6) is -1.25. The van der Waals surface area contributed by atoms with E-state index in [4.69, 9.17) is 9.47 Å². The molecule has 2 rings (SSSR count). The Hall–Kier alpha value is -3.02. The maximum absolute atomic E-state index is 12.6. The third-order valence-electron chi connectivity index (χ3n) is 3.76. The molecule has 1 unspecified atom stereocenters. The fourth-order valence-corrected chi connectivity index (χ4v) is 2.49. The number of benzene rings is 2. The highest BCUT2D eigenvalue weighted by atomic mass is 16.5. The van der Waals surface area contributed by atoms with Gasteiger partial charge in [-0.05, 0) is 31.5 Å². The van der Waals surface area contributed by atoms with Crippen molar-refractivity contribution in [2.75, 3.05) is 13.7 Å². The Bertz CT molecular complexity index is 758. The molecule has 0 aliphatic heterocycles. The number of aliphatic carboxylic acids is 1. The van der Waals surface area contributed by atoms with Crippen LogP contribution in [0.2, 0.25) is 0 Å². The zero-order valence-corrected chi connectivity index (χ0v) is 15.1. The van der Waals surface area contributed by atoms with E-state index in [-0.39, 0.29) is 12.6 Å². The minimum Gasteiger partial charge on any atom is -0.497 e. The van der Waals surface area contributed by atoms with Gasteiger partial charge < -0.3 is 19.9 Å². The van der Waals surface area contributed by atoms with Gasteiger partial charge in [-0.25, -0.2) is 0 Å². The van der Waals surface area contributed by atoms with Crippen LogP contribution in [0.5, 0.6) is 11.5 Å². The summed E-state index contributed by atoms with van der Waals surface area (Å²) in [7, 11) is 1.53. The van der Waals surface area contributed by atoms with E-state index >= 15 is 0 Å². The molecule has 2 aromatic rings. The van der Waals surface area contributed by atoms with E-state index in [0.717, 1.165) is 0 Å². The first-order chi connectivity index (χ1) is 12.4. The van der Waals surface area contributed by atoms with Crippen molar-refractivity contribution < 1.29 is 24.2 Å². The predicted molar refractivity (Wildman–Crippen MR) is 97.9 cm³/mol. The van der Waals surface area contributed by atoms with Crippen molar-refractivity contribution in [2.24, 2.45) is 0 Å². The fraction of sp³-hybridized carbons (Fsp3) is 0.300. The molecule has 0 radical (unpaired) electrons. The standard InChI is InChI=1S/C20H23NO5/c1-13(2)26-18-11-15(25-3)9-10-16(18)19(22)21-12-17(20(23)24)14-7-5-4-6-8-14/h4-11,13,17H,12H2,1-3H3,(H,21,22)(H,23,24). The number of carbonyl (C=O) groups excluding carboxylic acids is 1. The van der Waals surface area contributed by atoms with Gasteiger partial charge in [0.15, 0.2) is 0 Å². The van der Waals surface area contributed by atoms with Crippen LogP contribution in [0.3, 0.4) is 0 Å². The van der Waals surface area contributed by atoms with E-state index in [1.807, 2.05) is 19.9 Å². The zero-order valence-electron chi connectivity index (χ0n) is 15.1. The summed E-state index contributed by atoms with van der Waals surface area (Å²) < 4.78 is 10.9. The quantitative estimate of drug-likeness (QED) is 0.758. The van der Waals surface area contributed by atoms with Crippen molar-refractivity contribution in [3.63, 3.8) is 0 Å². The highest BCUT2D eigenvalue weighted by molar-refractivity contribution is 5.97. The molecule has 0 saturated heterocycles. The maximum Gasteiger partial charge on any atom is 0.312 e. The van der Waals surface area contributed by atoms with Crippen molar-refractivity contribution in [1.29, 1.82) is 0 Å². The van der Waals surface area contributed by atoms with Gasteiger partial charge in [0.25, 0.3) is 5.91 Å². The second-order valence-corrected chi connectivity index (χ2v) is 6.04. The van der Waals surface area contributed by atoms with E-state index in [1.54, 1.807) is 42.5 Å². The fourth-order valence-electron chi connectivity index (χ4n) is 2.49.